The summed E-state index contributed by atoms with van der Waals surface area (Å²) in [4.78, 5) is 2.07. The van der Waals surface area contributed by atoms with Crippen LogP contribution in [0.25, 0.3) is 0 Å². The number of methoxy groups -OCH3 is 1. The number of ether oxygens (including phenoxy) is 1. The Kier molecular flexibility index (Phi) is 5.76. The van der Waals surface area contributed by atoms with Gasteiger partial charge in [0.15, 0.2) is 0 Å². The fourth-order valence-electron chi connectivity index (χ4n) is 1.95. The molecule has 1 aromatic rings. The van der Waals surface area contributed by atoms with E-state index in [0.717, 1.165) is 12.2 Å². The number of benzene rings is 1. The summed E-state index contributed by atoms with van der Waals surface area (Å²) in [5.74, 6) is -0.0624. The zero-order valence-corrected chi connectivity index (χ0v) is 11.7. The zero-order valence-electron chi connectivity index (χ0n) is 11.7. The first-order valence-electron chi connectivity index (χ1n) is 6.33. The molecule has 1 aromatic carbocycles. The minimum absolute atomic E-state index is 0.124. The lowest BCUT2D eigenvalue weighted by Crippen LogP contribution is -2.33. The minimum Gasteiger partial charge on any atom is -0.384 e. The van der Waals surface area contributed by atoms with E-state index in [0.29, 0.717) is 24.6 Å². The minimum atomic E-state index is -0.384. The molecule has 3 N–H and O–H groups in total. The number of halogens is 1. The molecule has 0 atom stereocenters. The molecule has 0 saturated carbocycles. The fraction of sp³-hybridized carbons (Fsp3) is 0.500. The van der Waals surface area contributed by atoms with Crippen LogP contribution >= 0.6 is 0 Å². The van der Waals surface area contributed by atoms with E-state index < -0.39 is 0 Å². The molecule has 0 amide bonds. The van der Waals surface area contributed by atoms with Crippen LogP contribution in [-0.4, -0.2) is 32.6 Å². The van der Waals surface area contributed by atoms with Crippen molar-refractivity contribution in [1.82, 2.24) is 0 Å². The molecule has 0 spiro atoms. The SMILES string of the molecule is COCCN(CC(C)C)c1ccc(F)cc1C(=N)N. The van der Waals surface area contributed by atoms with Gasteiger partial charge in [-0.3, -0.25) is 5.41 Å². The maximum absolute atomic E-state index is 13.3. The van der Waals surface area contributed by atoms with E-state index in [2.05, 4.69) is 18.7 Å². The van der Waals surface area contributed by atoms with Crippen LogP contribution in [0.15, 0.2) is 18.2 Å². The predicted molar refractivity (Wildman–Crippen MR) is 76.3 cm³/mol. The summed E-state index contributed by atoms with van der Waals surface area (Å²) in [5.41, 5.74) is 6.74. The van der Waals surface area contributed by atoms with Gasteiger partial charge in [-0.2, -0.15) is 0 Å². The molecule has 5 heteroatoms. The molecule has 0 aliphatic carbocycles. The molecule has 0 aliphatic heterocycles. The third-order valence-corrected chi connectivity index (χ3v) is 2.74. The summed E-state index contributed by atoms with van der Waals surface area (Å²) in [7, 11) is 1.64. The van der Waals surface area contributed by atoms with Gasteiger partial charge >= 0.3 is 0 Å². The van der Waals surface area contributed by atoms with Crippen molar-refractivity contribution in [3.63, 3.8) is 0 Å². The van der Waals surface area contributed by atoms with E-state index >= 15 is 0 Å². The van der Waals surface area contributed by atoms with Crippen molar-refractivity contribution in [2.45, 2.75) is 13.8 Å². The van der Waals surface area contributed by atoms with Gasteiger partial charge in [0, 0.05) is 31.5 Å². The molecule has 0 unspecified atom stereocenters. The molecule has 106 valence electrons. The normalized spacial score (nSPS) is 10.8. The van der Waals surface area contributed by atoms with E-state index in [1.807, 2.05) is 0 Å². The van der Waals surface area contributed by atoms with Crippen molar-refractivity contribution in [2.24, 2.45) is 11.7 Å². The Morgan fingerprint density at radius 2 is 2.16 bits per heavy atom. The highest BCUT2D eigenvalue weighted by molar-refractivity contribution is 6.00. The highest BCUT2D eigenvalue weighted by Gasteiger charge is 2.15. The first-order chi connectivity index (χ1) is 8.95. The van der Waals surface area contributed by atoms with Gasteiger partial charge in [-0.1, -0.05) is 13.8 Å². The van der Waals surface area contributed by atoms with Gasteiger partial charge in [0.05, 0.1) is 6.61 Å². The van der Waals surface area contributed by atoms with Crippen molar-refractivity contribution in [1.29, 1.82) is 5.41 Å². The molecule has 0 bridgehead atoms. The predicted octanol–water partition coefficient (Wildman–Crippen LogP) is 2.22. The van der Waals surface area contributed by atoms with Crippen LogP contribution in [0.2, 0.25) is 0 Å². The maximum atomic E-state index is 13.3. The number of nitrogens with two attached hydrogens (primary N) is 1. The molecular formula is C14H22FN3O. The average Bonchev–Trinajstić information content (AvgIpc) is 2.34. The molecular weight excluding hydrogens is 245 g/mol. The Morgan fingerprint density at radius 3 is 2.68 bits per heavy atom. The quantitative estimate of drug-likeness (QED) is 0.588. The maximum Gasteiger partial charge on any atom is 0.125 e. The molecule has 0 aromatic heterocycles. The van der Waals surface area contributed by atoms with Crippen LogP contribution < -0.4 is 10.6 Å². The topological polar surface area (TPSA) is 62.3 Å². The smallest absolute Gasteiger partial charge is 0.125 e. The van der Waals surface area contributed by atoms with Gasteiger partial charge in [0.25, 0.3) is 0 Å². The lowest BCUT2D eigenvalue weighted by atomic mass is 10.1. The first-order valence-corrected chi connectivity index (χ1v) is 6.33. The highest BCUT2D eigenvalue weighted by Crippen LogP contribution is 2.22. The van der Waals surface area contributed by atoms with E-state index in [1.165, 1.54) is 12.1 Å². The second kappa shape index (κ2) is 7.09. The second-order valence-corrected chi connectivity index (χ2v) is 4.91. The van der Waals surface area contributed by atoms with Gasteiger partial charge in [0.1, 0.15) is 11.7 Å². The monoisotopic (exact) mass is 267 g/mol. The van der Waals surface area contributed by atoms with Gasteiger partial charge in [-0.25, -0.2) is 4.39 Å². The van der Waals surface area contributed by atoms with Gasteiger partial charge in [0.2, 0.25) is 0 Å². The van der Waals surface area contributed by atoms with Crippen LogP contribution in [0.1, 0.15) is 19.4 Å². The second-order valence-electron chi connectivity index (χ2n) is 4.91. The number of nitrogens with zero attached hydrogens (tertiary/aromatic N) is 1. The number of nitrogen functional groups attached to an aromatic ring is 1. The molecule has 4 nitrogen and oxygen atoms in total. The number of amidine groups is 1. The number of hydrogen-bond acceptors (Lipinski definition) is 3. The fourth-order valence-corrected chi connectivity index (χ4v) is 1.95. The van der Waals surface area contributed by atoms with Crippen LogP contribution in [0.4, 0.5) is 10.1 Å². The average molecular weight is 267 g/mol. The van der Waals surface area contributed by atoms with Crippen molar-refractivity contribution in [3.05, 3.63) is 29.6 Å². The molecule has 1 rings (SSSR count). The molecule has 0 saturated heterocycles. The van der Waals surface area contributed by atoms with E-state index in [4.69, 9.17) is 15.9 Å². The Balaban J connectivity index is 3.09. The summed E-state index contributed by atoms with van der Waals surface area (Å²) in [6, 6.07) is 4.36. The van der Waals surface area contributed by atoms with Crippen LogP contribution in [0, 0.1) is 17.1 Å². The standard InChI is InChI=1S/C14H22FN3O/c1-10(2)9-18(6-7-19-3)13-5-4-11(15)8-12(13)14(16)17/h4-5,8,10H,6-7,9H2,1-3H3,(H3,16,17). The molecule has 0 fully saturated rings. The summed E-state index contributed by atoms with van der Waals surface area (Å²) in [6.07, 6.45) is 0. The lowest BCUT2D eigenvalue weighted by Gasteiger charge is -2.28. The van der Waals surface area contributed by atoms with Crippen molar-refractivity contribution in [3.8, 4) is 0 Å². The van der Waals surface area contributed by atoms with Crippen LogP contribution in [-0.2, 0) is 4.74 Å². The van der Waals surface area contributed by atoms with Crippen LogP contribution in [0.5, 0.6) is 0 Å². The lowest BCUT2D eigenvalue weighted by molar-refractivity contribution is 0.204. The third kappa shape index (κ3) is 4.52. The van der Waals surface area contributed by atoms with E-state index in [-0.39, 0.29) is 11.7 Å². The summed E-state index contributed by atoms with van der Waals surface area (Å²) >= 11 is 0. The van der Waals surface area contributed by atoms with Crippen LogP contribution in [0.3, 0.4) is 0 Å². The summed E-state index contributed by atoms with van der Waals surface area (Å²) < 4.78 is 18.4. The molecule has 0 radical (unpaired) electrons. The Morgan fingerprint density at radius 1 is 1.47 bits per heavy atom. The van der Waals surface area contributed by atoms with Crippen molar-refractivity contribution >= 4 is 11.5 Å². The number of rotatable bonds is 7. The van der Waals surface area contributed by atoms with Gasteiger partial charge in [-0.05, 0) is 24.1 Å². The van der Waals surface area contributed by atoms with Crippen molar-refractivity contribution < 1.29 is 9.13 Å². The Hall–Kier alpha value is -1.62. The number of nitrogens with one attached hydrogen (secondary N) is 1. The largest absolute Gasteiger partial charge is 0.384 e. The van der Waals surface area contributed by atoms with E-state index in [1.54, 1.807) is 13.2 Å². The van der Waals surface area contributed by atoms with E-state index in [9.17, 15) is 4.39 Å². The Bertz CT molecular complexity index is 435. The summed E-state index contributed by atoms with van der Waals surface area (Å²) in [6.45, 7) is 6.27. The number of anilines is 1. The molecule has 0 heterocycles. The molecule has 0 aliphatic rings. The molecule has 19 heavy (non-hydrogen) atoms. The Labute approximate surface area is 113 Å². The zero-order chi connectivity index (χ0) is 14.4. The highest BCUT2D eigenvalue weighted by atomic mass is 19.1. The van der Waals surface area contributed by atoms with Gasteiger partial charge in [-0.15, -0.1) is 0 Å². The summed E-state index contributed by atoms with van der Waals surface area (Å²) in [5, 5.41) is 7.58. The first kappa shape index (κ1) is 15.4. The third-order valence-electron chi connectivity index (χ3n) is 2.74. The number of hydrogen-bond donors (Lipinski definition) is 2. The van der Waals surface area contributed by atoms with Gasteiger partial charge < -0.3 is 15.4 Å². The van der Waals surface area contributed by atoms with Crippen molar-refractivity contribution in [2.75, 3.05) is 31.7 Å².